The highest BCUT2D eigenvalue weighted by Crippen LogP contribution is 2.26. The van der Waals surface area contributed by atoms with Gasteiger partial charge in [-0.1, -0.05) is 6.07 Å². The van der Waals surface area contributed by atoms with Crippen LogP contribution in [-0.4, -0.2) is 50.1 Å². The van der Waals surface area contributed by atoms with E-state index in [1.54, 1.807) is 6.07 Å². The number of rotatable bonds is 4. The van der Waals surface area contributed by atoms with Crippen molar-refractivity contribution in [1.82, 2.24) is 15.5 Å². The highest BCUT2D eigenvalue weighted by Gasteiger charge is 2.12. The molecule has 0 atom stereocenters. The minimum Gasteiger partial charge on any atom is -0.350 e. The first kappa shape index (κ1) is 14.4. The van der Waals surface area contributed by atoms with Crippen LogP contribution in [0.4, 0.5) is 4.39 Å². The van der Waals surface area contributed by atoms with E-state index < -0.39 is 0 Å². The molecule has 1 aliphatic heterocycles. The number of thiophene rings is 1. The molecule has 1 aromatic carbocycles. The Morgan fingerprint density at radius 2 is 2.14 bits per heavy atom. The van der Waals surface area contributed by atoms with Gasteiger partial charge in [0.1, 0.15) is 5.82 Å². The quantitative estimate of drug-likeness (QED) is 0.903. The molecule has 2 aromatic rings. The van der Waals surface area contributed by atoms with E-state index in [1.165, 1.54) is 23.5 Å². The van der Waals surface area contributed by atoms with Gasteiger partial charge in [-0.2, -0.15) is 0 Å². The Morgan fingerprint density at radius 1 is 1.33 bits per heavy atom. The Labute approximate surface area is 126 Å². The van der Waals surface area contributed by atoms with Crippen LogP contribution in [0.25, 0.3) is 10.1 Å². The third kappa shape index (κ3) is 3.58. The van der Waals surface area contributed by atoms with Crippen LogP contribution >= 0.6 is 11.3 Å². The molecular weight excluding hydrogens is 289 g/mol. The number of amides is 1. The number of hydrogen-bond donors (Lipinski definition) is 2. The molecule has 1 saturated heterocycles. The molecule has 0 radical (unpaired) electrons. The number of nitrogens with zero attached hydrogens (tertiary/aromatic N) is 1. The van der Waals surface area contributed by atoms with Crippen LogP contribution in [-0.2, 0) is 0 Å². The molecular formula is C15H18FN3OS. The van der Waals surface area contributed by atoms with Crippen LogP contribution in [0.2, 0.25) is 0 Å². The van der Waals surface area contributed by atoms with Crippen LogP contribution in [0.5, 0.6) is 0 Å². The lowest BCUT2D eigenvalue weighted by Crippen LogP contribution is -2.46. The third-order valence-corrected chi connectivity index (χ3v) is 4.73. The Morgan fingerprint density at radius 3 is 2.95 bits per heavy atom. The zero-order valence-corrected chi connectivity index (χ0v) is 12.5. The van der Waals surface area contributed by atoms with E-state index in [4.69, 9.17) is 0 Å². The third-order valence-electron chi connectivity index (χ3n) is 3.63. The van der Waals surface area contributed by atoms with E-state index >= 15 is 0 Å². The highest BCUT2D eigenvalue weighted by molar-refractivity contribution is 7.20. The summed E-state index contributed by atoms with van der Waals surface area (Å²) < 4.78 is 14.0. The molecule has 0 bridgehead atoms. The predicted molar refractivity (Wildman–Crippen MR) is 83.4 cm³/mol. The molecule has 112 valence electrons. The minimum absolute atomic E-state index is 0.0771. The van der Waals surface area contributed by atoms with Crippen molar-refractivity contribution in [2.45, 2.75) is 0 Å². The molecule has 1 amide bonds. The summed E-state index contributed by atoms with van der Waals surface area (Å²) in [6.07, 6.45) is 0. The van der Waals surface area contributed by atoms with E-state index in [1.807, 2.05) is 6.07 Å². The summed E-state index contributed by atoms with van der Waals surface area (Å²) in [6, 6.07) is 6.41. The first-order valence-corrected chi connectivity index (χ1v) is 7.94. The van der Waals surface area contributed by atoms with Crippen LogP contribution in [0.1, 0.15) is 9.67 Å². The van der Waals surface area contributed by atoms with Gasteiger partial charge in [-0.25, -0.2) is 4.39 Å². The lowest BCUT2D eigenvalue weighted by molar-refractivity contribution is 0.0951. The minimum atomic E-state index is -0.269. The van der Waals surface area contributed by atoms with Crippen molar-refractivity contribution >= 4 is 27.3 Å². The number of halogens is 1. The monoisotopic (exact) mass is 307 g/mol. The predicted octanol–water partition coefficient (Wildman–Crippen LogP) is 1.68. The Bertz CT molecular complexity index is 637. The molecule has 0 aliphatic carbocycles. The van der Waals surface area contributed by atoms with Gasteiger partial charge in [0.25, 0.3) is 5.91 Å². The summed E-state index contributed by atoms with van der Waals surface area (Å²) in [6.45, 7) is 5.58. The van der Waals surface area contributed by atoms with Gasteiger partial charge in [0.2, 0.25) is 0 Å². The number of carbonyl (C=O) groups excluding carboxylic acids is 1. The molecule has 2 heterocycles. The molecule has 1 aliphatic rings. The normalized spacial score (nSPS) is 16.2. The molecule has 3 rings (SSSR count). The number of nitrogens with one attached hydrogen (secondary N) is 2. The smallest absolute Gasteiger partial charge is 0.261 e. The summed E-state index contributed by atoms with van der Waals surface area (Å²) in [7, 11) is 0. The van der Waals surface area contributed by atoms with Gasteiger partial charge < -0.3 is 10.6 Å². The van der Waals surface area contributed by atoms with Gasteiger partial charge in [0.05, 0.1) is 4.88 Å². The van der Waals surface area contributed by atoms with Gasteiger partial charge in [-0.05, 0) is 23.6 Å². The van der Waals surface area contributed by atoms with Crippen LogP contribution in [0, 0.1) is 5.82 Å². The maximum absolute atomic E-state index is 13.2. The summed E-state index contributed by atoms with van der Waals surface area (Å²) in [4.78, 5) is 15.1. The van der Waals surface area contributed by atoms with E-state index in [-0.39, 0.29) is 11.7 Å². The largest absolute Gasteiger partial charge is 0.350 e. The van der Waals surface area contributed by atoms with E-state index in [9.17, 15) is 9.18 Å². The molecule has 0 unspecified atom stereocenters. The molecule has 0 spiro atoms. The standard InChI is InChI=1S/C15H18FN3OS/c16-12-2-1-11-9-14(21-13(11)10-12)15(20)18-5-8-19-6-3-17-4-7-19/h1-2,9-10,17H,3-8H2,(H,18,20). The molecule has 21 heavy (non-hydrogen) atoms. The summed E-state index contributed by atoms with van der Waals surface area (Å²) >= 11 is 1.33. The van der Waals surface area contributed by atoms with Crippen LogP contribution < -0.4 is 10.6 Å². The molecule has 0 saturated carbocycles. The molecule has 4 nitrogen and oxygen atoms in total. The van der Waals surface area contributed by atoms with Crippen molar-refractivity contribution in [3.05, 3.63) is 35.0 Å². The number of piperazine rings is 1. The Hall–Kier alpha value is -1.50. The highest BCUT2D eigenvalue weighted by atomic mass is 32.1. The Kier molecular flexibility index (Phi) is 4.48. The second kappa shape index (κ2) is 6.51. The van der Waals surface area contributed by atoms with Crippen LogP contribution in [0.15, 0.2) is 24.3 Å². The van der Waals surface area contributed by atoms with Crippen LogP contribution in [0.3, 0.4) is 0 Å². The van der Waals surface area contributed by atoms with E-state index in [0.717, 1.165) is 42.8 Å². The molecule has 6 heteroatoms. The number of benzene rings is 1. The van der Waals surface area contributed by atoms with Crippen molar-refractivity contribution in [3.8, 4) is 0 Å². The van der Waals surface area contributed by atoms with Crippen molar-refractivity contribution in [2.75, 3.05) is 39.3 Å². The van der Waals surface area contributed by atoms with Crippen molar-refractivity contribution in [3.63, 3.8) is 0 Å². The zero-order chi connectivity index (χ0) is 14.7. The number of carbonyl (C=O) groups is 1. The second-order valence-corrected chi connectivity index (χ2v) is 6.22. The van der Waals surface area contributed by atoms with Gasteiger partial charge in [-0.3, -0.25) is 9.69 Å². The first-order chi connectivity index (χ1) is 10.2. The average Bonchev–Trinajstić information content (AvgIpc) is 2.91. The summed E-state index contributed by atoms with van der Waals surface area (Å²) in [5, 5.41) is 7.15. The van der Waals surface area contributed by atoms with Gasteiger partial charge >= 0.3 is 0 Å². The van der Waals surface area contributed by atoms with Gasteiger partial charge in [-0.15, -0.1) is 11.3 Å². The fourth-order valence-electron chi connectivity index (χ4n) is 2.47. The van der Waals surface area contributed by atoms with Gasteiger partial charge in [0, 0.05) is 44.0 Å². The fourth-order valence-corrected chi connectivity index (χ4v) is 3.47. The number of fused-ring (bicyclic) bond motifs is 1. The van der Waals surface area contributed by atoms with E-state index in [2.05, 4.69) is 15.5 Å². The topological polar surface area (TPSA) is 44.4 Å². The first-order valence-electron chi connectivity index (χ1n) is 7.13. The summed E-state index contributed by atoms with van der Waals surface area (Å²) in [5.41, 5.74) is 0. The fraction of sp³-hybridized carbons (Fsp3) is 0.400. The average molecular weight is 307 g/mol. The zero-order valence-electron chi connectivity index (χ0n) is 11.7. The molecule has 1 fully saturated rings. The maximum atomic E-state index is 13.2. The molecule has 2 N–H and O–H groups in total. The van der Waals surface area contributed by atoms with Gasteiger partial charge in [0.15, 0.2) is 0 Å². The van der Waals surface area contributed by atoms with Crippen molar-refractivity contribution in [2.24, 2.45) is 0 Å². The Balaban J connectivity index is 1.56. The lowest BCUT2D eigenvalue weighted by Gasteiger charge is -2.26. The lowest BCUT2D eigenvalue weighted by atomic mass is 10.2. The maximum Gasteiger partial charge on any atom is 0.261 e. The SMILES string of the molecule is O=C(NCCN1CCNCC1)c1cc2ccc(F)cc2s1. The number of hydrogen-bond acceptors (Lipinski definition) is 4. The second-order valence-electron chi connectivity index (χ2n) is 5.14. The van der Waals surface area contributed by atoms with Crippen molar-refractivity contribution in [1.29, 1.82) is 0 Å². The van der Waals surface area contributed by atoms with E-state index in [0.29, 0.717) is 11.4 Å². The van der Waals surface area contributed by atoms with Crippen molar-refractivity contribution < 1.29 is 9.18 Å². The molecule has 1 aromatic heterocycles. The summed E-state index contributed by atoms with van der Waals surface area (Å²) in [5.74, 6) is -0.346.